The molecule has 3 rings (SSSR count). The third-order valence-corrected chi connectivity index (χ3v) is 4.75. The molecule has 140 valence electrons. The van der Waals surface area contributed by atoms with Crippen molar-refractivity contribution in [3.63, 3.8) is 0 Å². The molecule has 0 spiro atoms. The van der Waals surface area contributed by atoms with E-state index in [0.717, 1.165) is 25.9 Å². The van der Waals surface area contributed by atoms with Gasteiger partial charge in [0.2, 0.25) is 11.9 Å². The molecule has 1 aromatic carbocycles. The van der Waals surface area contributed by atoms with E-state index in [0.29, 0.717) is 35.0 Å². The largest absolute Gasteiger partial charge is 0.492 e. The van der Waals surface area contributed by atoms with Crippen LogP contribution in [-0.4, -0.2) is 40.5 Å². The number of amides is 1. The van der Waals surface area contributed by atoms with Crippen molar-refractivity contribution in [2.24, 2.45) is 11.3 Å². The highest BCUT2D eigenvalue weighted by atomic mass is 16.5. The Morgan fingerprint density at radius 1 is 1.23 bits per heavy atom. The van der Waals surface area contributed by atoms with Crippen LogP contribution in [0.4, 0.5) is 11.8 Å². The van der Waals surface area contributed by atoms with E-state index >= 15 is 0 Å². The van der Waals surface area contributed by atoms with Crippen LogP contribution < -0.4 is 16.2 Å². The Balaban J connectivity index is 1.63. The molecule has 7 nitrogen and oxygen atoms in total. The molecule has 2 aromatic rings. The molecule has 7 heteroatoms. The summed E-state index contributed by atoms with van der Waals surface area (Å²) in [5, 5.41) is 0.696. The van der Waals surface area contributed by atoms with Gasteiger partial charge in [0.25, 0.3) is 0 Å². The van der Waals surface area contributed by atoms with Gasteiger partial charge in [0.15, 0.2) is 0 Å². The zero-order valence-electron chi connectivity index (χ0n) is 15.7. The smallest absolute Gasteiger partial charge is 0.227 e. The van der Waals surface area contributed by atoms with Crippen molar-refractivity contribution in [3.05, 3.63) is 18.2 Å². The van der Waals surface area contributed by atoms with Gasteiger partial charge in [-0.25, -0.2) is 4.98 Å². The van der Waals surface area contributed by atoms with Gasteiger partial charge in [0.05, 0.1) is 17.5 Å². The third kappa shape index (κ3) is 3.81. The van der Waals surface area contributed by atoms with Crippen molar-refractivity contribution in [2.45, 2.75) is 33.6 Å². The predicted molar refractivity (Wildman–Crippen MR) is 103 cm³/mol. The molecule has 0 aliphatic carbocycles. The maximum atomic E-state index is 12.4. The molecule has 1 aliphatic heterocycles. The number of nitrogens with two attached hydrogens (primary N) is 2. The summed E-state index contributed by atoms with van der Waals surface area (Å²) < 4.78 is 6.04. The molecule has 2 heterocycles. The van der Waals surface area contributed by atoms with E-state index in [2.05, 4.69) is 9.97 Å². The molecule has 0 saturated carbocycles. The minimum atomic E-state index is -0.328. The number of carbonyl (C=O) groups is 1. The molecule has 26 heavy (non-hydrogen) atoms. The molecule has 1 saturated heterocycles. The summed E-state index contributed by atoms with van der Waals surface area (Å²) in [5.74, 6) is 1.78. The second-order valence-corrected chi connectivity index (χ2v) is 7.91. The number of anilines is 2. The number of piperidine rings is 1. The average molecular weight is 357 g/mol. The first-order chi connectivity index (χ1) is 12.3. The number of fused-ring (bicyclic) bond motifs is 1. The first kappa shape index (κ1) is 18.2. The second-order valence-electron chi connectivity index (χ2n) is 7.91. The van der Waals surface area contributed by atoms with Gasteiger partial charge in [0.1, 0.15) is 11.6 Å². The Kier molecular flexibility index (Phi) is 4.89. The molecular formula is C19H27N5O2. The lowest BCUT2D eigenvalue weighted by Gasteiger charge is -2.35. The van der Waals surface area contributed by atoms with Crippen LogP contribution >= 0.6 is 0 Å². The first-order valence-electron chi connectivity index (χ1n) is 8.99. The Morgan fingerprint density at radius 2 is 1.92 bits per heavy atom. The average Bonchev–Trinajstić information content (AvgIpc) is 2.58. The molecule has 1 aliphatic rings. The second kappa shape index (κ2) is 6.97. The van der Waals surface area contributed by atoms with Crippen LogP contribution in [0, 0.1) is 11.3 Å². The lowest BCUT2D eigenvalue weighted by molar-refractivity contribution is -0.141. The molecule has 1 aromatic heterocycles. The summed E-state index contributed by atoms with van der Waals surface area (Å²) in [6, 6.07) is 5.58. The zero-order chi connectivity index (χ0) is 18.9. The fourth-order valence-electron chi connectivity index (χ4n) is 3.30. The Morgan fingerprint density at radius 3 is 2.58 bits per heavy atom. The highest BCUT2D eigenvalue weighted by Gasteiger charge is 2.30. The number of ether oxygens (including phenoxy) is 1. The number of aromatic nitrogens is 2. The number of carbonyl (C=O) groups excluding carboxylic acids is 1. The first-order valence-corrected chi connectivity index (χ1v) is 8.99. The topological polar surface area (TPSA) is 107 Å². The van der Waals surface area contributed by atoms with E-state index in [1.165, 1.54) is 0 Å². The van der Waals surface area contributed by atoms with Crippen molar-refractivity contribution in [2.75, 3.05) is 31.2 Å². The normalized spacial score (nSPS) is 16.0. The van der Waals surface area contributed by atoms with Crippen molar-refractivity contribution >= 4 is 28.6 Å². The molecule has 0 atom stereocenters. The maximum absolute atomic E-state index is 12.4. The number of likely N-dealkylation sites (tertiary alicyclic amines) is 1. The summed E-state index contributed by atoms with van der Waals surface area (Å²) in [4.78, 5) is 22.6. The maximum Gasteiger partial charge on any atom is 0.227 e. The number of nitrogen functional groups attached to an aromatic ring is 2. The minimum Gasteiger partial charge on any atom is -0.492 e. The summed E-state index contributed by atoms with van der Waals surface area (Å²) in [5.41, 5.74) is 12.0. The summed E-state index contributed by atoms with van der Waals surface area (Å²) >= 11 is 0. The molecule has 1 fully saturated rings. The summed E-state index contributed by atoms with van der Waals surface area (Å²) in [7, 11) is 0. The lowest BCUT2D eigenvalue weighted by Crippen LogP contribution is -2.44. The van der Waals surface area contributed by atoms with Crippen LogP contribution in [0.5, 0.6) is 5.75 Å². The number of rotatable bonds is 3. The van der Waals surface area contributed by atoms with Crippen LogP contribution in [0.25, 0.3) is 10.9 Å². The van der Waals surface area contributed by atoms with Gasteiger partial charge in [-0.2, -0.15) is 4.98 Å². The molecule has 0 radical (unpaired) electrons. The number of benzene rings is 1. The SMILES string of the molecule is CC(C)(C)C(=O)N1CCC(COc2cccc3nc(N)nc(N)c23)CC1. The highest BCUT2D eigenvalue weighted by Crippen LogP contribution is 2.30. The highest BCUT2D eigenvalue weighted by molar-refractivity contribution is 5.94. The van der Waals surface area contributed by atoms with Gasteiger partial charge in [-0.15, -0.1) is 0 Å². The van der Waals surface area contributed by atoms with Gasteiger partial charge in [-0.1, -0.05) is 26.8 Å². The van der Waals surface area contributed by atoms with Gasteiger partial charge >= 0.3 is 0 Å². The standard InChI is InChI=1S/C19H27N5O2/c1-19(2,3)17(25)24-9-7-12(8-10-24)11-26-14-6-4-5-13-15(14)16(20)23-18(21)22-13/h4-6,12H,7-11H2,1-3H3,(H4,20,21,22,23). The van der Waals surface area contributed by atoms with E-state index in [1.807, 2.05) is 43.9 Å². The Hall–Kier alpha value is -2.57. The fourth-order valence-corrected chi connectivity index (χ4v) is 3.30. The molecule has 1 amide bonds. The van der Waals surface area contributed by atoms with Gasteiger partial charge in [0, 0.05) is 18.5 Å². The van der Waals surface area contributed by atoms with Gasteiger partial charge in [-0.3, -0.25) is 4.79 Å². The zero-order valence-corrected chi connectivity index (χ0v) is 15.7. The molecule has 0 unspecified atom stereocenters. The van der Waals surface area contributed by atoms with Gasteiger partial charge in [-0.05, 0) is 30.9 Å². The minimum absolute atomic E-state index is 0.156. The Bertz CT molecular complexity index is 807. The van der Waals surface area contributed by atoms with Crippen LogP contribution in [0.1, 0.15) is 33.6 Å². The van der Waals surface area contributed by atoms with E-state index in [1.54, 1.807) is 0 Å². The molecule has 0 bridgehead atoms. The molecule has 4 N–H and O–H groups in total. The van der Waals surface area contributed by atoms with Crippen molar-refractivity contribution in [3.8, 4) is 5.75 Å². The van der Waals surface area contributed by atoms with Crippen molar-refractivity contribution in [1.29, 1.82) is 0 Å². The number of hydrogen-bond acceptors (Lipinski definition) is 6. The lowest BCUT2D eigenvalue weighted by atomic mass is 9.91. The predicted octanol–water partition coefficient (Wildman–Crippen LogP) is 2.46. The van der Waals surface area contributed by atoms with Crippen molar-refractivity contribution < 1.29 is 9.53 Å². The van der Waals surface area contributed by atoms with Crippen LogP contribution in [0.3, 0.4) is 0 Å². The monoisotopic (exact) mass is 357 g/mol. The molecular weight excluding hydrogens is 330 g/mol. The number of nitrogens with zero attached hydrogens (tertiary/aromatic N) is 3. The van der Waals surface area contributed by atoms with Gasteiger partial charge < -0.3 is 21.1 Å². The van der Waals surface area contributed by atoms with E-state index in [4.69, 9.17) is 16.2 Å². The summed E-state index contributed by atoms with van der Waals surface area (Å²) in [6.45, 7) is 8.03. The Labute approximate surface area is 153 Å². The van der Waals surface area contributed by atoms with E-state index in [9.17, 15) is 4.79 Å². The third-order valence-electron chi connectivity index (χ3n) is 4.75. The van der Waals surface area contributed by atoms with E-state index < -0.39 is 0 Å². The van der Waals surface area contributed by atoms with Crippen LogP contribution in [0.2, 0.25) is 0 Å². The van der Waals surface area contributed by atoms with Crippen molar-refractivity contribution in [1.82, 2.24) is 14.9 Å². The van der Waals surface area contributed by atoms with Crippen LogP contribution in [-0.2, 0) is 4.79 Å². The van der Waals surface area contributed by atoms with Crippen LogP contribution in [0.15, 0.2) is 18.2 Å². The number of hydrogen-bond donors (Lipinski definition) is 2. The quantitative estimate of drug-likeness (QED) is 0.874. The van der Waals surface area contributed by atoms with E-state index in [-0.39, 0.29) is 17.3 Å². The summed E-state index contributed by atoms with van der Waals surface area (Å²) in [6.07, 6.45) is 1.87. The fraction of sp³-hybridized carbons (Fsp3) is 0.526.